The lowest BCUT2D eigenvalue weighted by Gasteiger charge is -2.50. The summed E-state index contributed by atoms with van der Waals surface area (Å²) in [6.07, 6.45) is 6.84. The maximum absolute atomic E-state index is 13.4. The van der Waals surface area contributed by atoms with Crippen LogP contribution in [0.2, 0.25) is 0 Å². The number of carboxylic acid groups (broad SMARTS) is 1. The number of hydrogen-bond donors (Lipinski definition) is 14. The standard InChI is InChI=1S/C61H114N2O21/c1-4-6-8-10-12-14-16-18-20-21-22-24-26-28-30-32-34-43(68)42(63-48(71)35-33-31-29-27-25-23-19-17-15-13-11-9-7-5-2)40-79-58-53(75)52(74)55(47(39-66)81-58)82-59-54(76)57(51(73)46(38-65)80-59)84-61(60(77)78)36-44(69)49(62-41(3)67)56(83-61)50(72)45(70)37-64/h42-47,49-59,64-66,68-70,72-76H,4-40H2,1-3H3,(H,62,67)(H,63,71)(H,77,78). The van der Waals surface area contributed by atoms with Crippen LogP contribution >= 0.6 is 0 Å². The van der Waals surface area contributed by atoms with Gasteiger partial charge in [0.25, 0.3) is 5.79 Å². The van der Waals surface area contributed by atoms with Gasteiger partial charge in [0.1, 0.15) is 67.1 Å². The van der Waals surface area contributed by atoms with Crippen molar-refractivity contribution in [1.29, 1.82) is 0 Å². The number of hydrogen-bond acceptors (Lipinski definition) is 20. The molecule has 3 fully saturated rings. The van der Waals surface area contributed by atoms with Gasteiger partial charge in [-0.3, -0.25) is 9.59 Å². The molecule has 23 nitrogen and oxygen atoms in total. The second-order valence-electron chi connectivity index (χ2n) is 24.0. The number of rotatable bonds is 48. The third-order valence-electron chi connectivity index (χ3n) is 16.8. The molecule has 2 amide bonds. The normalized spacial score (nSPS) is 29.7. The van der Waals surface area contributed by atoms with E-state index in [2.05, 4.69) is 24.5 Å². The van der Waals surface area contributed by atoms with E-state index in [-0.39, 0.29) is 18.9 Å². The molecule has 3 saturated heterocycles. The molecule has 3 aliphatic heterocycles. The van der Waals surface area contributed by atoms with Crippen LogP contribution in [-0.2, 0) is 42.8 Å². The van der Waals surface area contributed by atoms with Crippen LogP contribution in [0, 0.1) is 0 Å². The molecule has 0 aliphatic carbocycles. The molecule has 3 heterocycles. The van der Waals surface area contributed by atoms with Gasteiger partial charge in [-0.1, -0.05) is 200 Å². The molecule has 0 spiro atoms. The zero-order valence-electron chi connectivity index (χ0n) is 51.0. The highest BCUT2D eigenvalue weighted by Crippen LogP contribution is 2.38. The lowest BCUT2D eigenvalue weighted by molar-refractivity contribution is -0.386. The Hall–Kier alpha value is -2.27. The molecule has 18 unspecified atom stereocenters. The number of carbonyl (C=O) groups is 3. The third-order valence-corrected chi connectivity index (χ3v) is 16.8. The molecule has 0 radical (unpaired) electrons. The van der Waals surface area contributed by atoms with Crippen LogP contribution in [0.5, 0.6) is 0 Å². The zero-order valence-corrected chi connectivity index (χ0v) is 51.0. The summed E-state index contributed by atoms with van der Waals surface area (Å²) in [6, 6.07) is -2.52. The van der Waals surface area contributed by atoms with Gasteiger partial charge in [-0.2, -0.15) is 0 Å². The van der Waals surface area contributed by atoms with Crippen molar-refractivity contribution in [1.82, 2.24) is 10.6 Å². The number of aliphatic hydroxyl groups is 11. The molecule has 494 valence electrons. The summed E-state index contributed by atoms with van der Waals surface area (Å²) in [4.78, 5) is 38.4. The fourth-order valence-corrected chi connectivity index (χ4v) is 11.6. The zero-order chi connectivity index (χ0) is 61.9. The van der Waals surface area contributed by atoms with Crippen molar-refractivity contribution in [2.45, 2.75) is 342 Å². The van der Waals surface area contributed by atoms with E-state index in [1.807, 2.05) is 0 Å². The minimum absolute atomic E-state index is 0.228. The summed E-state index contributed by atoms with van der Waals surface area (Å²) in [5, 5.41) is 136. The van der Waals surface area contributed by atoms with Crippen LogP contribution in [0.3, 0.4) is 0 Å². The largest absolute Gasteiger partial charge is 0.477 e. The molecule has 0 saturated carbocycles. The SMILES string of the molecule is CCCCCCCCCCCCCCCCCCC(O)C(COC1OC(CO)C(OC2OC(CO)C(O)C(OC3(C(=O)O)CC(O)C(NC(C)=O)C(C(O)C(O)CO)O3)C2O)C(O)C1O)NC(=O)CCCCCCCCCCCCCCCC. The van der Waals surface area contributed by atoms with Crippen molar-refractivity contribution < 1.29 is 104 Å². The molecule has 0 aromatic heterocycles. The molecule has 23 heteroatoms. The van der Waals surface area contributed by atoms with Gasteiger partial charge in [0, 0.05) is 19.8 Å². The molecule has 0 aromatic rings. The van der Waals surface area contributed by atoms with Crippen molar-refractivity contribution in [3.05, 3.63) is 0 Å². The summed E-state index contributed by atoms with van der Waals surface area (Å²) in [5.74, 6) is -6.09. The highest BCUT2D eigenvalue weighted by Gasteiger charge is 2.60. The van der Waals surface area contributed by atoms with Gasteiger partial charge in [-0.15, -0.1) is 0 Å². The first-order valence-corrected chi connectivity index (χ1v) is 32.4. The topological polar surface area (TPSA) is 373 Å². The average molecular weight is 1210 g/mol. The highest BCUT2D eigenvalue weighted by atomic mass is 16.8. The number of unbranched alkanes of at least 4 members (excludes halogenated alkanes) is 28. The summed E-state index contributed by atoms with van der Waals surface area (Å²) in [6.45, 7) is 2.19. The molecule has 14 N–H and O–H groups in total. The monoisotopic (exact) mass is 1210 g/mol. The molecular weight excluding hydrogens is 1100 g/mol. The van der Waals surface area contributed by atoms with E-state index in [0.29, 0.717) is 19.3 Å². The summed E-state index contributed by atoms with van der Waals surface area (Å²) in [7, 11) is 0. The predicted octanol–water partition coefficient (Wildman–Crippen LogP) is 4.17. The molecule has 3 aliphatic rings. The van der Waals surface area contributed by atoms with E-state index in [9.17, 15) is 75.7 Å². The summed E-state index contributed by atoms with van der Waals surface area (Å²) < 4.78 is 34.8. The number of amides is 2. The summed E-state index contributed by atoms with van der Waals surface area (Å²) in [5.41, 5.74) is 0. The molecule has 0 aromatic carbocycles. The maximum Gasteiger partial charge on any atom is 0.364 e. The first-order chi connectivity index (χ1) is 40.4. The highest BCUT2D eigenvalue weighted by molar-refractivity contribution is 5.77. The second-order valence-corrected chi connectivity index (χ2v) is 24.0. The van der Waals surface area contributed by atoms with E-state index >= 15 is 0 Å². The van der Waals surface area contributed by atoms with Gasteiger partial charge in [0.2, 0.25) is 11.8 Å². The van der Waals surface area contributed by atoms with E-state index in [4.69, 9.17) is 28.4 Å². The summed E-state index contributed by atoms with van der Waals surface area (Å²) >= 11 is 0. The average Bonchev–Trinajstić information content (AvgIpc) is 1.34. The lowest BCUT2D eigenvalue weighted by Crippen LogP contribution is -2.70. The lowest BCUT2D eigenvalue weighted by atomic mass is 9.88. The Kier molecular flexibility index (Phi) is 39.3. The Labute approximate surface area is 499 Å². The first kappa shape index (κ1) is 76.0. The fourth-order valence-electron chi connectivity index (χ4n) is 11.6. The minimum Gasteiger partial charge on any atom is -0.477 e. The predicted molar refractivity (Wildman–Crippen MR) is 311 cm³/mol. The number of aliphatic hydroxyl groups excluding tert-OH is 11. The van der Waals surface area contributed by atoms with Crippen LogP contribution in [0.15, 0.2) is 0 Å². The van der Waals surface area contributed by atoms with Crippen molar-refractivity contribution in [3.8, 4) is 0 Å². The van der Waals surface area contributed by atoms with E-state index in [0.717, 1.165) is 58.3 Å². The fraction of sp³-hybridized carbons (Fsp3) is 0.951. The minimum atomic E-state index is -3.08. The van der Waals surface area contributed by atoms with Crippen LogP contribution in [0.1, 0.15) is 233 Å². The number of nitrogens with one attached hydrogen (secondary N) is 2. The molecule has 18 atom stereocenters. The number of carbonyl (C=O) groups excluding carboxylic acids is 2. The van der Waals surface area contributed by atoms with E-state index < -0.39 is 148 Å². The Morgan fingerprint density at radius 1 is 0.571 bits per heavy atom. The van der Waals surface area contributed by atoms with Gasteiger partial charge < -0.3 is 100 Å². The van der Waals surface area contributed by atoms with Gasteiger partial charge >= 0.3 is 5.97 Å². The van der Waals surface area contributed by atoms with Crippen molar-refractivity contribution in [2.24, 2.45) is 0 Å². The molecule has 84 heavy (non-hydrogen) atoms. The van der Waals surface area contributed by atoms with Crippen LogP contribution in [-0.4, -0.2) is 215 Å². The molecular formula is C61H114N2O21. The number of carboxylic acids is 1. The van der Waals surface area contributed by atoms with Crippen molar-refractivity contribution in [3.63, 3.8) is 0 Å². The Balaban J connectivity index is 1.64. The van der Waals surface area contributed by atoms with Crippen molar-refractivity contribution in [2.75, 3.05) is 26.4 Å². The number of ether oxygens (including phenoxy) is 6. The Bertz CT molecular complexity index is 1720. The molecule has 0 bridgehead atoms. The van der Waals surface area contributed by atoms with E-state index in [1.165, 1.54) is 128 Å². The van der Waals surface area contributed by atoms with Crippen molar-refractivity contribution >= 4 is 17.8 Å². The van der Waals surface area contributed by atoms with Gasteiger partial charge in [-0.25, -0.2) is 4.79 Å². The smallest absolute Gasteiger partial charge is 0.364 e. The van der Waals surface area contributed by atoms with Crippen LogP contribution < -0.4 is 10.6 Å². The number of aliphatic carboxylic acids is 1. The second kappa shape index (κ2) is 43.4. The van der Waals surface area contributed by atoms with Crippen LogP contribution in [0.25, 0.3) is 0 Å². The maximum atomic E-state index is 13.4. The van der Waals surface area contributed by atoms with Gasteiger partial charge in [-0.05, 0) is 12.8 Å². The van der Waals surface area contributed by atoms with Gasteiger partial charge in [0.05, 0.1) is 50.7 Å². The Morgan fingerprint density at radius 2 is 1.04 bits per heavy atom. The quantitative estimate of drug-likeness (QED) is 0.0380. The van der Waals surface area contributed by atoms with Crippen LogP contribution in [0.4, 0.5) is 0 Å². The Morgan fingerprint density at radius 3 is 1.49 bits per heavy atom. The van der Waals surface area contributed by atoms with E-state index in [1.54, 1.807) is 0 Å². The third kappa shape index (κ3) is 26.8. The molecule has 3 rings (SSSR count). The van der Waals surface area contributed by atoms with Gasteiger partial charge in [0.15, 0.2) is 12.6 Å². The first-order valence-electron chi connectivity index (χ1n) is 32.4.